The summed E-state index contributed by atoms with van der Waals surface area (Å²) >= 11 is 0. The molecule has 7 nitrogen and oxygen atoms in total. The molecule has 1 fully saturated rings. The lowest BCUT2D eigenvalue weighted by Crippen LogP contribution is -2.45. The number of Topliss-reactive ketones (excluding diaryl/α,β-unsaturated/α-hetero) is 1. The topological polar surface area (TPSA) is 82.1 Å². The lowest BCUT2D eigenvalue weighted by atomic mass is 9.89. The number of ether oxygens (including phenoxy) is 3. The molecule has 0 N–H and O–H groups in total. The Kier molecular flexibility index (Phi) is 4.74. The molecule has 1 unspecified atom stereocenters. The molecule has 2 aliphatic rings. The van der Waals surface area contributed by atoms with Crippen LogP contribution in [0.3, 0.4) is 0 Å². The molecule has 2 aromatic rings. The zero-order chi connectivity index (χ0) is 20.6. The van der Waals surface area contributed by atoms with E-state index in [1.165, 1.54) is 6.92 Å². The van der Waals surface area contributed by atoms with Crippen LogP contribution in [0.1, 0.15) is 40.5 Å². The minimum absolute atomic E-state index is 0.0173. The van der Waals surface area contributed by atoms with Gasteiger partial charge in [0.2, 0.25) is 0 Å². The van der Waals surface area contributed by atoms with E-state index in [1.807, 2.05) is 0 Å². The molecule has 150 valence electrons. The SMILES string of the molecule is COc1ccc2c(c1)C(=O)CC1(CCN(C(=O)c3cccc(OC(C)=O)c3)C1)O2. The summed E-state index contributed by atoms with van der Waals surface area (Å²) in [6.45, 7) is 2.11. The summed E-state index contributed by atoms with van der Waals surface area (Å²) in [5.74, 6) is 0.799. The molecule has 4 rings (SSSR count). The van der Waals surface area contributed by atoms with E-state index in [2.05, 4.69) is 0 Å². The number of carbonyl (C=O) groups excluding carboxylic acids is 3. The fraction of sp³-hybridized carbons (Fsp3) is 0.318. The van der Waals surface area contributed by atoms with Crippen LogP contribution < -0.4 is 14.2 Å². The van der Waals surface area contributed by atoms with Gasteiger partial charge in [-0.2, -0.15) is 0 Å². The summed E-state index contributed by atoms with van der Waals surface area (Å²) < 4.78 is 16.4. The van der Waals surface area contributed by atoms with E-state index in [0.29, 0.717) is 47.9 Å². The number of fused-ring (bicyclic) bond motifs is 1. The Hall–Kier alpha value is -3.35. The van der Waals surface area contributed by atoms with E-state index < -0.39 is 11.6 Å². The highest BCUT2D eigenvalue weighted by Gasteiger charge is 2.47. The normalized spacial score (nSPS) is 20.2. The summed E-state index contributed by atoms with van der Waals surface area (Å²) in [7, 11) is 1.55. The van der Waals surface area contributed by atoms with Gasteiger partial charge in [-0.1, -0.05) is 6.07 Å². The van der Waals surface area contributed by atoms with Crippen molar-refractivity contribution < 1.29 is 28.6 Å². The van der Waals surface area contributed by atoms with Crippen LogP contribution >= 0.6 is 0 Å². The van der Waals surface area contributed by atoms with Crippen LogP contribution in [0, 0.1) is 0 Å². The van der Waals surface area contributed by atoms with Crippen molar-refractivity contribution in [3.63, 3.8) is 0 Å². The largest absolute Gasteiger partial charge is 0.497 e. The number of amides is 1. The van der Waals surface area contributed by atoms with Crippen LogP contribution in [0.5, 0.6) is 17.2 Å². The van der Waals surface area contributed by atoms with Crippen LogP contribution in [0.4, 0.5) is 0 Å². The van der Waals surface area contributed by atoms with E-state index in [9.17, 15) is 14.4 Å². The Balaban J connectivity index is 1.52. The van der Waals surface area contributed by atoms with Crippen molar-refractivity contribution in [2.24, 2.45) is 0 Å². The molecule has 1 atom stereocenters. The zero-order valence-corrected chi connectivity index (χ0v) is 16.3. The number of nitrogens with zero attached hydrogens (tertiary/aromatic N) is 1. The molecule has 1 saturated heterocycles. The highest BCUT2D eigenvalue weighted by Crippen LogP contribution is 2.40. The smallest absolute Gasteiger partial charge is 0.308 e. The molecule has 29 heavy (non-hydrogen) atoms. The fourth-order valence-corrected chi connectivity index (χ4v) is 3.89. The van der Waals surface area contributed by atoms with Crippen LogP contribution in [-0.2, 0) is 4.79 Å². The van der Waals surface area contributed by atoms with Gasteiger partial charge in [-0.05, 0) is 36.4 Å². The second-order valence-corrected chi connectivity index (χ2v) is 7.35. The van der Waals surface area contributed by atoms with Crippen LogP contribution in [0.25, 0.3) is 0 Å². The Morgan fingerprint density at radius 3 is 2.72 bits per heavy atom. The molecule has 1 spiro atoms. The average Bonchev–Trinajstić information content (AvgIpc) is 3.10. The fourth-order valence-electron chi connectivity index (χ4n) is 3.89. The van der Waals surface area contributed by atoms with Crippen molar-refractivity contribution >= 4 is 17.7 Å². The predicted molar refractivity (Wildman–Crippen MR) is 104 cm³/mol. The lowest BCUT2D eigenvalue weighted by Gasteiger charge is -2.34. The third-order valence-electron chi connectivity index (χ3n) is 5.24. The first-order valence-corrected chi connectivity index (χ1v) is 9.37. The molecule has 1 amide bonds. The molecule has 2 aromatic carbocycles. The van der Waals surface area contributed by atoms with Gasteiger partial charge in [0.25, 0.3) is 5.91 Å². The van der Waals surface area contributed by atoms with Gasteiger partial charge < -0.3 is 19.1 Å². The number of hydrogen-bond donors (Lipinski definition) is 0. The van der Waals surface area contributed by atoms with E-state index in [1.54, 1.807) is 54.5 Å². The number of esters is 1. The van der Waals surface area contributed by atoms with Gasteiger partial charge in [0.05, 0.1) is 25.6 Å². The number of benzene rings is 2. The van der Waals surface area contributed by atoms with Gasteiger partial charge in [0.1, 0.15) is 22.8 Å². The summed E-state index contributed by atoms with van der Waals surface area (Å²) in [6, 6.07) is 11.7. The van der Waals surface area contributed by atoms with Gasteiger partial charge in [0, 0.05) is 25.5 Å². The predicted octanol–water partition coefficient (Wildman–Crippen LogP) is 2.87. The maximum atomic E-state index is 12.9. The second-order valence-electron chi connectivity index (χ2n) is 7.35. The van der Waals surface area contributed by atoms with Gasteiger partial charge in [0.15, 0.2) is 5.78 Å². The van der Waals surface area contributed by atoms with Gasteiger partial charge in [-0.15, -0.1) is 0 Å². The number of likely N-dealkylation sites (tertiary alicyclic amines) is 1. The molecule has 2 heterocycles. The Bertz CT molecular complexity index is 1000. The van der Waals surface area contributed by atoms with Crippen molar-refractivity contribution in [1.29, 1.82) is 0 Å². The standard InChI is InChI=1S/C22H21NO6/c1-14(24)28-17-5-3-4-15(10-17)21(26)23-9-8-22(13-23)12-19(25)18-11-16(27-2)6-7-20(18)29-22/h3-7,10-11H,8-9,12-13H2,1-2H3. The molecule has 2 aliphatic heterocycles. The summed E-state index contributed by atoms with van der Waals surface area (Å²) in [6.07, 6.45) is 0.782. The van der Waals surface area contributed by atoms with Gasteiger partial charge in [-0.3, -0.25) is 14.4 Å². The van der Waals surface area contributed by atoms with Crippen molar-refractivity contribution in [3.8, 4) is 17.2 Å². The summed E-state index contributed by atoms with van der Waals surface area (Å²) in [4.78, 5) is 38.5. The lowest BCUT2D eigenvalue weighted by molar-refractivity contribution is -0.131. The number of rotatable bonds is 3. The first-order valence-electron chi connectivity index (χ1n) is 9.37. The maximum Gasteiger partial charge on any atom is 0.308 e. The monoisotopic (exact) mass is 395 g/mol. The van der Waals surface area contributed by atoms with Crippen molar-refractivity contribution in [2.45, 2.75) is 25.4 Å². The van der Waals surface area contributed by atoms with Crippen molar-refractivity contribution in [3.05, 3.63) is 53.6 Å². The van der Waals surface area contributed by atoms with Gasteiger partial charge >= 0.3 is 5.97 Å². The van der Waals surface area contributed by atoms with Gasteiger partial charge in [-0.25, -0.2) is 0 Å². The van der Waals surface area contributed by atoms with Crippen molar-refractivity contribution in [1.82, 2.24) is 4.90 Å². The highest BCUT2D eigenvalue weighted by atomic mass is 16.5. The molecule has 0 radical (unpaired) electrons. The summed E-state index contributed by atoms with van der Waals surface area (Å²) in [5, 5.41) is 0. The third-order valence-corrected chi connectivity index (χ3v) is 5.24. The van der Waals surface area contributed by atoms with E-state index >= 15 is 0 Å². The first kappa shape index (κ1) is 19.0. The number of hydrogen-bond acceptors (Lipinski definition) is 6. The third kappa shape index (κ3) is 3.68. The number of methoxy groups -OCH3 is 1. The maximum absolute atomic E-state index is 12.9. The molecule has 0 saturated carbocycles. The number of ketones is 1. The molecular formula is C22H21NO6. The van der Waals surface area contributed by atoms with Crippen LogP contribution in [0.2, 0.25) is 0 Å². The van der Waals surface area contributed by atoms with E-state index in [0.717, 1.165) is 0 Å². The molecule has 0 aromatic heterocycles. The number of carbonyl (C=O) groups is 3. The average molecular weight is 395 g/mol. The van der Waals surface area contributed by atoms with Crippen LogP contribution in [0.15, 0.2) is 42.5 Å². The molecular weight excluding hydrogens is 374 g/mol. The molecule has 7 heteroatoms. The quantitative estimate of drug-likeness (QED) is 0.587. The Morgan fingerprint density at radius 2 is 1.97 bits per heavy atom. The Morgan fingerprint density at radius 1 is 1.14 bits per heavy atom. The van der Waals surface area contributed by atoms with Crippen LogP contribution in [-0.4, -0.2) is 48.4 Å². The minimum Gasteiger partial charge on any atom is -0.497 e. The zero-order valence-electron chi connectivity index (χ0n) is 16.3. The van der Waals surface area contributed by atoms with E-state index in [4.69, 9.17) is 14.2 Å². The molecule has 0 aliphatic carbocycles. The first-order chi connectivity index (χ1) is 13.9. The van der Waals surface area contributed by atoms with Crippen molar-refractivity contribution in [2.75, 3.05) is 20.2 Å². The molecule has 0 bridgehead atoms. The minimum atomic E-state index is -0.720. The highest BCUT2D eigenvalue weighted by molar-refractivity contribution is 6.01. The summed E-state index contributed by atoms with van der Waals surface area (Å²) in [5.41, 5.74) is 0.212. The second kappa shape index (κ2) is 7.24. The Labute approximate surface area is 168 Å². The van der Waals surface area contributed by atoms with E-state index in [-0.39, 0.29) is 18.1 Å².